The number of nitrogens with two attached hydrogens (primary N) is 1. The summed E-state index contributed by atoms with van der Waals surface area (Å²) in [6.45, 7) is 6.13. The number of nitrogens with one attached hydrogen (secondary N) is 1. The Morgan fingerprint density at radius 2 is 2.00 bits per heavy atom. The third-order valence-corrected chi connectivity index (χ3v) is 3.79. The smallest absolute Gasteiger partial charge is 0.243 e. The van der Waals surface area contributed by atoms with Crippen LogP contribution < -0.4 is 11.1 Å². The van der Waals surface area contributed by atoms with Crippen molar-refractivity contribution < 1.29 is 4.79 Å². The van der Waals surface area contributed by atoms with Crippen LogP contribution in [0.2, 0.25) is 0 Å². The molecular formula is C14H22N2OS. The summed E-state index contributed by atoms with van der Waals surface area (Å²) in [5, 5.41) is 3.35. The van der Waals surface area contributed by atoms with E-state index in [-0.39, 0.29) is 11.9 Å². The third-order valence-electron chi connectivity index (χ3n) is 2.74. The van der Waals surface area contributed by atoms with Crippen LogP contribution in [0, 0.1) is 0 Å². The minimum absolute atomic E-state index is 0.190. The normalized spacial score (nSPS) is 14.4. The number of hydrogen-bond donors (Lipinski definition) is 2. The van der Waals surface area contributed by atoms with E-state index in [0.717, 1.165) is 11.3 Å². The van der Waals surface area contributed by atoms with Crippen molar-refractivity contribution in [3.05, 3.63) is 35.9 Å². The molecule has 4 heteroatoms. The first-order valence-corrected chi connectivity index (χ1v) is 7.39. The molecule has 0 bridgehead atoms. The molecule has 100 valence electrons. The van der Waals surface area contributed by atoms with Crippen molar-refractivity contribution in [2.24, 2.45) is 5.73 Å². The van der Waals surface area contributed by atoms with Crippen LogP contribution in [-0.2, 0) is 10.3 Å². The average Bonchev–Trinajstić information content (AvgIpc) is 2.34. The summed E-state index contributed by atoms with van der Waals surface area (Å²) in [7, 11) is 0. The van der Waals surface area contributed by atoms with Gasteiger partial charge in [0.1, 0.15) is 5.54 Å². The zero-order valence-electron chi connectivity index (χ0n) is 11.3. The van der Waals surface area contributed by atoms with E-state index in [0.29, 0.717) is 5.75 Å². The highest BCUT2D eigenvalue weighted by Gasteiger charge is 2.38. The van der Waals surface area contributed by atoms with Crippen LogP contribution in [0.4, 0.5) is 0 Å². The minimum atomic E-state index is -0.782. The number of amides is 1. The summed E-state index contributed by atoms with van der Waals surface area (Å²) in [5.74, 6) is 1.30. The molecule has 1 rings (SSSR count). The van der Waals surface area contributed by atoms with Gasteiger partial charge in [0.2, 0.25) is 5.91 Å². The average molecular weight is 266 g/mol. The van der Waals surface area contributed by atoms with Gasteiger partial charge in [0.15, 0.2) is 0 Å². The maximum atomic E-state index is 12.0. The molecule has 0 aromatic heterocycles. The molecule has 3 nitrogen and oxygen atoms in total. The molecule has 18 heavy (non-hydrogen) atoms. The van der Waals surface area contributed by atoms with Crippen LogP contribution in [0.3, 0.4) is 0 Å². The molecule has 0 radical (unpaired) electrons. The molecule has 1 aromatic carbocycles. The summed E-state index contributed by atoms with van der Waals surface area (Å²) in [4.78, 5) is 12.0. The molecule has 0 saturated carbocycles. The van der Waals surface area contributed by atoms with Gasteiger partial charge >= 0.3 is 0 Å². The first-order chi connectivity index (χ1) is 8.53. The van der Waals surface area contributed by atoms with Gasteiger partial charge in [-0.3, -0.25) is 10.1 Å². The van der Waals surface area contributed by atoms with Crippen LogP contribution in [0.1, 0.15) is 26.3 Å². The van der Waals surface area contributed by atoms with E-state index in [1.54, 1.807) is 11.8 Å². The van der Waals surface area contributed by atoms with Crippen molar-refractivity contribution in [3.8, 4) is 0 Å². The molecule has 0 heterocycles. The van der Waals surface area contributed by atoms with Crippen LogP contribution in [-0.4, -0.2) is 23.5 Å². The van der Waals surface area contributed by atoms with Crippen LogP contribution in [0.15, 0.2) is 30.3 Å². The lowest BCUT2D eigenvalue weighted by atomic mass is 9.90. The fourth-order valence-corrected chi connectivity index (χ4v) is 2.87. The van der Waals surface area contributed by atoms with Gasteiger partial charge in [-0.15, -0.1) is 0 Å². The number of carbonyl (C=O) groups excluding carboxylic acids is 1. The monoisotopic (exact) mass is 266 g/mol. The molecule has 0 fully saturated rings. The Bertz CT molecular complexity index is 381. The first-order valence-electron chi connectivity index (χ1n) is 6.23. The van der Waals surface area contributed by atoms with E-state index in [4.69, 9.17) is 5.73 Å². The van der Waals surface area contributed by atoms with E-state index < -0.39 is 5.54 Å². The Labute approximate surface area is 114 Å². The van der Waals surface area contributed by atoms with Crippen molar-refractivity contribution in [2.75, 3.05) is 11.5 Å². The van der Waals surface area contributed by atoms with Crippen LogP contribution in [0.5, 0.6) is 0 Å². The van der Waals surface area contributed by atoms with Gasteiger partial charge in [-0.05, 0) is 25.2 Å². The SMILES string of the molecule is CCSCC(NC(C)C)(C(N)=O)c1ccccc1. The predicted octanol–water partition coefficient (Wildman–Crippen LogP) is 2.12. The standard InChI is InChI=1S/C14H22N2OS/c1-4-18-10-14(13(15)17,16-11(2)3)12-8-6-5-7-9-12/h5-9,11,16H,4,10H2,1-3H3,(H2,15,17). The highest BCUT2D eigenvalue weighted by molar-refractivity contribution is 7.99. The van der Waals surface area contributed by atoms with Crippen molar-refractivity contribution in [1.82, 2.24) is 5.32 Å². The van der Waals surface area contributed by atoms with Gasteiger partial charge in [0.05, 0.1) is 0 Å². The highest BCUT2D eigenvalue weighted by Crippen LogP contribution is 2.26. The zero-order chi connectivity index (χ0) is 13.6. The lowest BCUT2D eigenvalue weighted by molar-refractivity contribution is -0.124. The number of hydrogen-bond acceptors (Lipinski definition) is 3. The van der Waals surface area contributed by atoms with Gasteiger partial charge in [-0.25, -0.2) is 0 Å². The number of carbonyl (C=O) groups is 1. The lowest BCUT2D eigenvalue weighted by Gasteiger charge is -2.34. The third kappa shape index (κ3) is 3.50. The molecule has 1 atom stereocenters. The number of primary amides is 1. The molecule has 0 aliphatic heterocycles. The largest absolute Gasteiger partial charge is 0.368 e. The van der Waals surface area contributed by atoms with Gasteiger partial charge in [-0.1, -0.05) is 37.3 Å². The summed E-state index contributed by atoms with van der Waals surface area (Å²) in [6, 6.07) is 9.91. The van der Waals surface area contributed by atoms with Gasteiger partial charge in [0, 0.05) is 11.8 Å². The van der Waals surface area contributed by atoms with Gasteiger partial charge in [-0.2, -0.15) is 11.8 Å². The van der Waals surface area contributed by atoms with Gasteiger partial charge < -0.3 is 5.73 Å². The number of benzene rings is 1. The van der Waals surface area contributed by atoms with E-state index in [2.05, 4.69) is 12.2 Å². The van der Waals surface area contributed by atoms with Crippen molar-refractivity contribution >= 4 is 17.7 Å². The first kappa shape index (κ1) is 15.1. The second-order valence-corrected chi connectivity index (χ2v) is 5.85. The number of rotatable bonds is 7. The minimum Gasteiger partial charge on any atom is -0.368 e. The summed E-state index contributed by atoms with van der Waals surface area (Å²) in [5.41, 5.74) is 5.83. The molecule has 1 amide bonds. The topological polar surface area (TPSA) is 55.1 Å². The molecule has 1 unspecified atom stereocenters. The molecular weight excluding hydrogens is 244 g/mol. The van der Waals surface area contributed by atoms with E-state index >= 15 is 0 Å². The molecule has 0 saturated heterocycles. The lowest BCUT2D eigenvalue weighted by Crippen LogP contribution is -2.56. The maximum Gasteiger partial charge on any atom is 0.243 e. The second-order valence-electron chi connectivity index (χ2n) is 4.57. The van der Waals surface area contributed by atoms with E-state index in [1.807, 2.05) is 44.2 Å². The quantitative estimate of drug-likeness (QED) is 0.795. The van der Waals surface area contributed by atoms with Gasteiger partial charge in [0.25, 0.3) is 0 Å². The van der Waals surface area contributed by atoms with Crippen molar-refractivity contribution in [3.63, 3.8) is 0 Å². The number of thioether (sulfide) groups is 1. The maximum absolute atomic E-state index is 12.0. The highest BCUT2D eigenvalue weighted by atomic mass is 32.2. The Kier molecular flexibility index (Phi) is 5.69. The van der Waals surface area contributed by atoms with Crippen molar-refractivity contribution in [2.45, 2.75) is 32.4 Å². The fourth-order valence-electron chi connectivity index (χ4n) is 1.96. The van der Waals surface area contributed by atoms with Crippen LogP contribution in [0.25, 0.3) is 0 Å². The Morgan fingerprint density at radius 1 is 1.39 bits per heavy atom. The van der Waals surface area contributed by atoms with Crippen molar-refractivity contribution in [1.29, 1.82) is 0 Å². The molecule has 0 aliphatic rings. The Balaban J connectivity index is 3.15. The molecule has 1 aromatic rings. The molecule has 0 spiro atoms. The predicted molar refractivity (Wildman–Crippen MR) is 78.6 cm³/mol. The summed E-state index contributed by atoms with van der Waals surface area (Å²) in [6.07, 6.45) is 0. The van der Waals surface area contributed by atoms with Crippen LogP contribution >= 0.6 is 11.8 Å². The zero-order valence-corrected chi connectivity index (χ0v) is 12.1. The molecule has 0 aliphatic carbocycles. The summed E-state index contributed by atoms with van der Waals surface area (Å²) < 4.78 is 0. The van der Waals surface area contributed by atoms with E-state index in [1.165, 1.54) is 0 Å². The second kappa shape index (κ2) is 6.81. The molecule has 3 N–H and O–H groups in total. The van der Waals surface area contributed by atoms with E-state index in [9.17, 15) is 4.79 Å². The summed E-state index contributed by atoms with van der Waals surface area (Å²) >= 11 is 1.72. The fraction of sp³-hybridized carbons (Fsp3) is 0.500. The Hall–Kier alpha value is -1.00. The Morgan fingerprint density at radius 3 is 2.44 bits per heavy atom.